The molecular weight excluding hydrogens is 316 g/mol. The number of morpholine rings is 1. The molecule has 112 valence electrons. The SMILES string of the molecule is CC(N)c1ccc(Br)cc1N1CC(C)(C)OC(C)(C)C1. The van der Waals surface area contributed by atoms with Gasteiger partial charge in [0.05, 0.1) is 11.2 Å². The molecule has 1 unspecified atom stereocenters. The van der Waals surface area contributed by atoms with Crippen molar-refractivity contribution in [2.75, 3.05) is 18.0 Å². The second kappa shape index (κ2) is 5.32. The van der Waals surface area contributed by atoms with Crippen LogP contribution in [-0.4, -0.2) is 24.3 Å². The number of anilines is 1. The molecule has 1 saturated heterocycles. The van der Waals surface area contributed by atoms with Crippen molar-refractivity contribution in [1.29, 1.82) is 0 Å². The van der Waals surface area contributed by atoms with Crippen LogP contribution in [0.3, 0.4) is 0 Å². The third kappa shape index (κ3) is 3.54. The number of rotatable bonds is 2. The topological polar surface area (TPSA) is 38.5 Å². The van der Waals surface area contributed by atoms with E-state index in [4.69, 9.17) is 10.5 Å². The van der Waals surface area contributed by atoms with E-state index in [2.05, 4.69) is 66.7 Å². The minimum Gasteiger partial charge on any atom is -0.366 e. The molecule has 2 N–H and O–H groups in total. The van der Waals surface area contributed by atoms with Crippen LogP contribution in [0.1, 0.15) is 46.2 Å². The summed E-state index contributed by atoms with van der Waals surface area (Å²) in [5, 5.41) is 0. The highest BCUT2D eigenvalue weighted by atomic mass is 79.9. The van der Waals surface area contributed by atoms with Crippen molar-refractivity contribution in [3.05, 3.63) is 28.2 Å². The van der Waals surface area contributed by atoms with Gasteiger partial charge in [-0.25, -0.2) is 0 Å². The van der Waals surface area contributed by atoms with Crippen LogP contribution in [0.4, 0.5) is 5.69 Å². The molecule has 1 fully saturated rings. The van der Waals surface area contributed by atoms with Gasteiger partial charge in [0.1, 0.15) is 0 Å². The molecule has 2 rings (SSSR count). The molecule has 0 saturated carbocycles. The lowest BCUT2D eigenvalue weighted by molar-refractivity contribution is -0.133. The maximum absolute atomic E-state index is 6.16. The van der Waals surface area contributed by atoms with Gasteiger partial charge in [0.25, 0.3) is 0 Å². The van der Waals surface area contributed by atoms with E-state index in [0.29, 0.717) is 0 Å². The van der Waals surface area contributed by atoms with Gasteiger partial charge in [-0.05, 0) is 52.3 Å². The molecule has 3 nitrogen and oxygen atoms in total. The lowest BCUT2D eigenvalue weighted by Gasteiger charge is -2.48. The Morgan fingerprint density at radius 2 is 1.75 bits per heavy atom. The summed E-state index contributed by atoms with van der Waals surface area (Å²) in [5.41, 5.74) is 8.19. The number of nitrogens with zero attached hydrogens (tertiary/aromatic N) is 1. The Balaban J connectivity index is 2.42. The maximum Gasteiger partial charge on any atom is 0.0808 e. The summed E-state index contributed by atoms with van der Waals surface area (Å²) < 4.78 is 7.24. The summed E-state index contributed by atoms with van der Waals surface area (Å²) in [6.07, 6.45) is 0. The Kier molecular flexibility index (Phi) is 4.20. The first kappa shape index (κ1) is 15.8. The van der Waals surface area contributed by atoms with Crippen LogP contribution in [0.25, 0.3) is 0 Å². The van der Waals surface area contributed by atoms with E-state index in [9.17, 15) is 0 Å². The molecule has 0 aromatic heterocycles. The number of halogens is 1. The number of benzene rings is 1. The van der Waals surface area contributed by atoms with Gasteiger partial charge in [0, 0.05) is 29.3 Å². The van der Waals surface area contributed by atoms with Crippen molar-refractivity contribution in [3.63, 3.8) is 0 Å². The standard InChI is InChI=1S/C16H25BrN2O/c1-11(18)13-7-6-12(17)8-14(13)19-9-15(2,3)20-16(4,5)10-19/h6-8,11H,9-10,18H2,1-5H3. The average Bonchev–Trinajstić information content (AvgIpc) is 2.24. The van der Waals surface area contributed by atoms with Gasteiger partial charge < -0.3 is 15.4 Å². The van der Waals surface area contributed by atoms with Crippen LogP contribution in [0.15, 0.2) is 22.7 Å². The van der Waals surface area contributed by atoms with Crippen molar-refractivity contribution in [1.82, 2.24) is 0 Å². The van der Waals surface area contributed by atoms with Gasteiger partial charge in [-0.1, -0.05) is 22.0 Å². The Bertz CT molecular complexity index is 481. The third-order valence-electron chi connectivity index (χ3n) is 3.52. The molecular formula is C16H25BrN2O. The fraction of sp³-hybridized carbons (Fsp3) is 0.625. The molecule has 20 heavy (non-hydrogen) atoms. The molecule has 1 atom stereocenters. The van der Waals surface area contributed by atoms with E-state index in [-0.39, 0.29) is 17.2 Å². The zero-order chi connectivity index (χ0) is 15.1. The van der Waals surface area contributed by atoms with Gasteiger partial charge in [-0.2, -0.15) is 0 Å². The van der Waals surface area contributed by atoms with Gasteiger partial charge in [0.2, 0.25) is 0 Å². The van der Waals surface area contributed by atoms with E-state index in [1.54, 1.807) is 0 Å². The minimum atomic E-state index is -0.167. The summed E-state index contributed by atoms with van der Waals surface area (Å²) in [6.45, 7) is 12.3. The van der Waals surface area contributed by atoms with E-state index < -0.39 is 0 Å². The molecule has 1 heterocycles. The van der Waals surface area contributed by atoms with Crippen molar-refractivity contribution < 1.29 is 4.74 Å². The molecule has 0 spiro atoms. The largest absolute Gasteiger partial charge is 0.366 e. The van der Waals surface area contributed by atoms with Crippen LogP contribution < -0.4 is 10.6 Å². The van der Waals surface area contributed by atoms with Gasteiger partial charge in [-0.3, -0.25) is 0 Å². The normalized spacial score (nSPS) is 22.6. The Labute approximate surface area is 130 Å². The van der Waals surface area contributed by atoms with Crippen molar-refractivity contribution in [2.45, 2.75) is 51.9 Å². The third-order valence-corrected chi connectivity index (χ3v) is 4.01. The van der Waals surface area contributed by atoms with E-state index >= 15 is 0 Å². The van der Waals surface area contributed by atoms with Gasteiger partial charge >= 0.3 is 0 Å². The Morgan fingerprint density at radius 3 is 2.25 bits per heavy atom. The molecule has 0 aliphatic carbocycles. The van der Waals surface area contributed by atoms with Crippen molar-refractivity contribution in [3.8, 4) is 0 Å². The van der Waals surface area contributed by atoms with E-state index in [1.807, 2.05) is 6.92 Å². The second-order valence-corrected chi connectivity index (χ2v) is 7.88. The minimum absolute atomic E-state index is 0.0205. The summed E-state index contributed by atoms with van der Waals surface area (Å²) in [5.74, 6) is 0. The first-order chi connectivity index (χ1) is 9.10. The zero-order valence-corrected chi connectivity index (χ0v) is 14.6. The number of ether oxygens (including phenoxy) is 1. The van der Waals surface area contributed by atoms with E-state index in [1.165, 1.54) is 11.3 Å². The lowest BCUT2D eigenvalue weighted by Crippen LogP contribution is -2.57. The number of nitrogens with two attached hydrogens (primary N) is 1. The molecule has 1 aromatic rings. The highest BCUT2D eigenvalue weighted by Crippen LogP contribution is 2.35. The molecule has 1 aliphatic rings. The van der Waals surface area contributed by atoms with Crippen LogP contribution in [-0.2, 0) is 4.74 Å². The van der Waals surface area contributed by atoms with Crippen molar-refractivity contribution >= 4 is 21.6 Å². The predicted octanol–water partition coefficient (Wildman–Crippen LogP) is 3.86. The summed E-state index contributed by atoms with van der Waals surface area (Å²) in [4.78, 5) is 2.40. The highest BCUT2D eigenvalue weighted by molar-refractivity contribution is 9.10. The average molecular weight is 341 g/mol. The molecule has 4 heteroatoms. The van der Waals surface area contributed by atoms with Gasteiger partial charge in [0.15, 0.2) is 0 Å². The smallest absolute Gasteiger partial charge is 0.0808 e. The van der Waals surface area contributed by atoms with Crippen LogP contribution in [0.2, 0.25) is 0 Å². The zero-order valence-electron chi connectivity index (χ0n) is 13.0. The number of hydrogen-bond donors (Lipinski definition) is 1. The Hall–Kier alpha value is -0.580. The summed E-state index contributed by atoms with van der Waals surface area (Å²) in [7, 11) is 0. The fourth-order valence-corrected chi connectivity index (χ4v) is 3.48. The van der Waals surface area contributed by atoms with Crippen molar-refractivity contribution in [2.24, 2.45) is 5.73 Å². The summed E-state index contributed by atoms with van der Waals surface area (Å²) in [6, 6.07) is 6.35. The first-order valence-corrected chi connectivity index (χ1v) is 7.89. The van der Waals surface area contributed by atoms with Crippen LogP contribution in [0.5, 0.6) is 0 Å². The highest BCUT2D eigenvalue weighted by Gasteiger charge is 2.38. The quantitative estimate of drug-likeness (QED) is 0.888. The monoisotopic (exact) mass is 340 g/mol. The summed E-state index contributed by atoms with van der Waals surface area (Å²) >= 11 is 3.57. The molecule has 1 aromatic carbocycles. The molecule has 0 radical (unpaired) electrons. The maximum atomic E-state index is 6.16. The van der Waals surface area contributed by atoms with Crippen LogP contribution in [0, 0.1) is 0 Å². The predicted molar refractivity (Wildman–Crippen MR) is 88.2 cm³/mol. The molecule has 0 bridgehead atoms. The lowest BCUT2D eigenvalue weighted by atomic mass is 9.96. The van der Waals surface area contributed by atoms with Crippen LogP contribution >= 0.6 is 15.9 Å². The first-order valence-electron chi connectivity index (χ1n) is 7.10. The molecule has 1 aliphatic heterocycles. The Morgan fingerprint density at radius 1 is 1.20 bits per heavy atom. The second-order valence-electron chi connectivity index (χ2n) is 6.97. The van der Waals surface area contributed by atoms with Gasteiger partial charge in [-0.15, -0.1) is 0 Å². The number of hydrogen-bond acceptors (Lipinski definition) is 3. The van der Waals surface area contributed by atoms with E-state index in [0.717, 1.165) is 17.6 Å². The molecule has 0 amide bonds. The fourth-order valence-electron chi connectivity index (χ4n) is 3.13.